The number of hydrogen-bond donors (Lipinski definition) is 0. The minimum atomic E-state index is -3.12. The van der Waals surface area contributed by atoms with Crippen LogP contribution in [0.4, 0.5) is 4.39 Å². The SMILES string of the molecule is CN(C(=O)c1nc(-c2cccs2)n(-c2cccc(F)c2)n1)C1CCS(=O)(=O)C1. The molecule has 1 aliphatic rings. The highest BCUT2D eigenvalue weighted by atomic mass is 32.2. The lowest BCUT2D eigenvalue weighted by Gasteiger charge is -2.21. The Morgan fingerprint density at radius 3 is 2.79 bits per heavy atom. The van der Waals surface area contributed by atoms with Crippen LogP contribution in [0.1, 0.15) is 17.0 Å². The maximum Gasteiger partial charge on any atom is 0.293 e. The molecule has 0 aliphatic carbocycles. The third-order valence-electron chi connectivity index (χ3n) is 4.67. The topological polar surface area (TPSA) is 85.2 Å². The van der Waals surface area contributed by atoms with Crippen molar-refractivity contribution in [3.05, 3.63) is 53.4 Å². The highest BCUT2D eigenvalue weighted by Gasteiger charge is 2.34. The van der Waals surface area contributed by atoms with E-state index in [9.17, 15) is 17.6 Å². The number of nitrogens with zero attached hydrogens (tertiary/aromatic N) is 4. The molecule has 2 aromatic heterocycles. The lowest BCUT2D eigenvalue weighted by atomic mass is 10.2. The van der Waals surface area contributed by atoms with Crippen molar-refractivity contribution in [3.8, 4) is 16.4 Å². The number of rotatable bonds is 4. The van der Waals surface area contributed by atoms with Gasteiger partial charge in [-0.25, -0.2) is 22.5 Å². The first kappa shape index (κ1) is 18.8. The van der Waals surface area contributed by atoms with Gasteiger partial charge in [-0.05, 0) is 36.1 Å². The number of hydrogen-bond acceptors (Lipinski definition) is 6. The highest BCUT2D eigenvalue weighted by molar-refractivity contribution is 7.91. The Morgan fingerprint density at radius 1 is 1.32 bits per heavy atom. The van der Waals surface area contributed by atoms with Crippen molar-refractivity contribution in [2.45, 2.75) is 12.5 Å². The van der Waals surface area contributed by atoms with Gasteiger partial charge in [0.15, 0.2) is 15.7 Å². The quantitative estimate of drug-likeness (QED) is 0.647. The first-order valence-corrected chi connectivity index (χ1v) is 11.3. The van der Waals surface area contributed by atoms with E-state index in [-0.39, 0.29) is 17.3 Å². The minimum Gasteiger partial charge on any atom is -0.335 e. The predicted molar refractivity (Wildman–Crippen MR) is 104 cm³/mol. The Hall–Kier alpha value is -2.59. The van der Waals surface area contributed by atoms with Crippen molar-refractivity contribution >= 4 is 27.1 Å². The number of aromatic nitrogens is 3. The van der Waals surface area contributed by atoms with Crippen LogP contribution in [0.25, 0.3) is 16.4 Å². The molecular formula is C18H17FN4O3S2. The van der Waals surface area contributed by atoms with Crippen molar-refractivity contribution in [1.29, 1.82) is 0 Å². The summed E-state index contributed by atoms with van der Waals surface area (Å²) < 4.78 is 38.6. The van der Waals surface area contributed by atoms with E-state index < -0.39 is 27.6 Å². The van der Waals surface area contributed by atoms with Gasteiger partial charge < -0.3 is 4.90 Å². The van der Waals surface area contributed by atoms with E-state index in [1.165, 1.54) is 33.1 Å². The standard InChI is InChI=1S/C18H17FN4O3S2/c1-22(14-7-9-28(25,26)11-14)18(24)16-20-17(15-6-3-8-27-15)23(21-16)13-5-2-4-12(19)10-13/h2-6,8,10,14H,7,9,11H2,1H3. The molecule has 7 nitrogen and oxygen atoms in total. The van der Waals surface area contributed by atoms with Crippen LogP contribution in [0, 0.1) is 5.82 Å². The van der Waals surface area contributed by atoms with Crippen LogP contribution in [-0.4, -0.2) is 58.6 Å². The van der Waals surface area contributed by atoms with Gasteiger partial charge in [-0.15, -0.1) is 16.4 Å². The van der Waals surface area contributed by atoms with Crippen molar-refractivity contribution in [2.24, 2.45) is 0 Å². The van der Waals surface area contributed by atoms with Gasteiger partial charge in [-0.2, -0.15) is 0 Å². The molecule has 0 N–H and O–H groups in total. The van der Waals surface area contributed by atoms with Crippen LogP contribution < -0.4 is 0 Å². The third-order valence-corrected chi connectivity index (χ3v) is 7.29. The van der Waals surface area contributed by atoms with Gasteiger partial charge in [0.1, 0.15) is 5.82 Å². The second-order valence-electron chi connectivity index (χ2n) is 6.60. The normalized spacial score (nSPS) is 18.3. The summed E-state index contributed by atoms with van der Waals surface area (Å²) in [4.78, 5) is 19.4. The maximum atomic E-state index is 13.7. The molecule has 1 saturated heterocycles. The average Bonchev–Trinajstić information content (AvgIpc) is 3.39. The van der Waals surface area contributed by atoms with Crippen molar-refractivity contribution in [1.82, 2.24) is 19.7 Å². The lowest BCUT2D eigenvalue weighted by molar-refractivity contribution is 0.0735. The molecule has 0 spiro atoms. The zero-order chi connectivity index (χ0) is 19.9. The van der Waals surface area contributed by atoms with Gasteiger partial charge in [0, 0.05) is 13.1 Å². The van der Waals surface area contributed by atoms with E-state index in [4.69, 9.17) is 0 Å². The lowest BCUT2D eigenvalue weighted by Crippen LogP contribution is -2.38. The van der Waals surface area contributed by atoms with Gasteiger partial charge in [0.25, 0.3) is 5.91 Å². The average molecular weight is 420 g/mol. The Kier molecular flexibility index (Phi) is 4.76. The molecular weight excluding hydrogens is 403 g/mol. The van der Waals surface area contributed by atoms with E-state index in [2.05, 4.69) is 10.1 Å². The molecule has 1 atom stereocenters. The summed E-state index contributed by atoms with van der Waals surface area (Å²) in [6.07, 6.45) is 0.396. The number of benzene rings is 1. The Morgan fingerprint density at radius 2 is 2.14 bits per heavy atom. The van der Waals surface area contributed by atoms with Crippen molar-refractivity contribution in [3.63, 3.8) is 0 Å². The summed E-state index contributed by atoms with van der Waals surface area (Å²) in [6.45, 7) is 0. The maximum absolute atomic E-state index is 13.7. The zero-order valence-corrected chi connectivity index (χ0v) is 16.6. The first-order valence-electron chi connectivity index (χ1n) is 8.58. The molecule has 0 bridgehead atoms. The van der Waals surface area contributed by atoms with Gasteiger partial charge in [-0.1, -0.05) is 12.1 Å². The Labute approximate surface area is 165 Å². The fourth-order valence-electron chi connectivity index (χ4n) is 3.16. The fourth-order valence-corrected chi connectivity index (χ4v) is 5.63. The fraction of sp³-hybridized carbons (Fsp3) is 0.278. The smallest absolute Gasteiger partial charge is 0.293 e. The number of carbonyl (C=O) groups excluding carboxylic acids is 1. The second-order valence-corrected chi connectivity index (χ2v) is 9.78. The summed E-state index contributed by atoms with van der Waals surface area (Å²) in [7, 11) is -1.57. The zero-order valence-electron chi connectivity index (χ0n) is 14.9. The summed E-state index contributed by atoms with van der Waals surface area (Å²) in [5.74, 6) is -0.504. The monoisotopic (exact) mass is 420 g/mol. The molecule has 1 unspecified atom stereocenters. The largest absolute Gasteiger partial charge is 0.335 e. The summed E-state index contributed by atoms with van der Waals surface area (Å²) in [6, 6.07) is 9.16. The van der Waals surface area contributed by atoms with Gasteiger partial charge in [-0.3, -0.25) is 4.79 Å². The van der Waals surface area contributed by atoms with E-state index in [0.717, 1.165) is 4.88 Å². The molecule has 1 amide bonds. The molecule has 1 aromatic carbocycles. The number of amides is 1. The minimum absolute atomic E-state index is 0.0561. The first-order chi connectivity index (χ1) is 13.3. The van der Waals surface area contributed by atoms with E-state index in [1.807, 2.05) is 17.5 Å². The molecule has 1 fully saturated rings. The number of carbonyl (C=O) groups is 1. The number of sulfone groups is 1. The molecule has 1 aliphatic heterocycles. The molecule has 3 heterocycles. The highest BCUT2D eigenvalue weighted by Crippen LogP contribution is 2.26. The van der Waals surface area contributed by atoms with Gasteiger partial charge in [0.2, 0.25) is 5.82 Å². The summed E-state index contributed by atoms with van der Waals surface area (Å²) in [5, 5.41) is 6.18. The van der Waals surface area contributed by atoms with Crippen LogP contribution in [0.2, 0.25) is 0 Å². The summed E-state index contributed by atoms with van der Waals surface area (Å²) in [5.41, 5.74) is 0.445. The predicted octanol–water partition coefficient (Wildman–Crippen LogP) is 2.39. The Balaban J connectivity index is 1.72. The molecule has 4 rings (SSSR count). The van der Waals surface area contributed by atoms with Crippen LogP contribution in [0.5, 0.6) is 0 Å². The molecule has 146 valence electrons. The Bertz CT molecular complexity index is 1130. The van der Waals surface area contributed by atoms with Crippen LogP contribution >= 0.6 is 11.3 Å². The number of halogens is 1. The van der Waals surface area contributed by atoms with E-state index in [1.54, 1.807) is 19.2 Å². The molecule has 0 radical (unpaired) electrons. The number of thiophene rings is 1. The second kappa shape index (κ2) is 7.10. The van der Waals surface area contributed by atoms with E-state index >= 15 is 0 Å². The summed E-state index contributed by atoms with van der Waals surface area (Å²) >= 11 is 1.43. The molecule has 10 heteroatoms. The van der Waals surface area contributed by atoms with Crippen LogP contribution in [0.15, 0.2) is 41.8 Å². The van der Waals surface area contributed by atoms with Gasteiger partial charge >= 0.3 is 0 Å². The molecule has 28 heavy (non-hydrogen) atoms. The van der Waals surface area contributed by atoms with Crippen molar-refractivity contribution < 1.29 is 17.6 Å². The van der Waals surface area contributed by atoms with E-state index in [0.29, 0.717) is 17.9 Å². The molecule has 0 saturated carbocycles. The molecule has 3 aromatic rings. The third kappa shape index (κ3) is 3.57. The van der Waals surface area contributed by atoms with Crippen molar-refractivity contribution in [2.75, 3.05) is 18.6 Å². The van der Waals surface area contributed by atoms with Crippen LogP contribution in [-0.2, 0) is 9.84 Å². The van der Waals surface area contributed by atoms with Gasteiger partial charge in [0.05, 0.1) is 22.1 Å². The van der Waals surface area contributed by atoms with Crippen LogP contribution in [0.3, 0.4) is 0 Å².